The van der Waals surface area contributed by atoms with Crippen LogP contribution in [0.5, 0.6) is 0 Å². The van der Waals surface area contributed by atoms with Crippen molar-refractivity contribution >= 4 is 34.7 Å². The maximum atomic E-state index is 11.2. The Balaban J connectivity index is 0.00000225. The Morgan fingerprint density at radius 2 is 2.19 bits per heavy atom. The van der Waals surface area contributed by atoms with Crippen molar-refractivity contribution in [1.82, 2.24) is 4.98 Å². The smallest absolute Gasteiger partial charge is 0.238 e. The van der Waals surface area contributed by atoms with Gasteiger partial charge in [0, 0.05) is 0 Å². The van der Waals surface area contributed by atoms with E-state index in [4.69, 9.17) is 5.73 Å². The lowest BCUT2D eigenvalue weighted by Gasteiger charge is -2.05. The van der Waals surface area contributed by atoms with E-state index in [2.05, 4.69) is 24.1 Å². The number of nitrogens with one attached hydrogen (secondary N) is 1. The third kappa shape index (κ3) is 4.47. The van der Waals surface area contributed by atoms with Gasteiger partial charge < -0.3 is 11.1 Å². The maximum absolute atomic E-state index is 11.2. The molecule has 0 aliphatic carbocycles. The molecule has 0 saturated heterocycles. The molecule has 1 aromatic rings. The van der Waals surface area contributed by atoms with Crippen molar-refractivity contribution in [1.29, 1.82) is 0 Å². The van der Waals surface area contributed by atoms with Gasteiger partial charge >= 0.3 is 0 Å². The zero-order valence-electron chi connectivity index (χ0n) is 9.74. The Labute approximate surface area is 106 Å². The fourth-order valence-corrected chi connectivity index (χ4v) is 2.13. The van der Waals surface area contributed by atoms with Crippen molar-refractivity contribution in [2.75, 3.05) is 11.9 Å². The molecule has 1 heterocycles. The van der Waals surface area contributed by atoms with Crippen molar-refractivity contribution in [3.63, 3.8) is 0 Å². The Kier molecular flexibility index (Phi) is 6.55. The molecule has 0 spiro atoms. The summed E-state index contributed by atoms with van der Waals surface area (Å²) in [6, 6.07) is 0. The van der Waals surface area contributed by atoms with Crippen LogP contribution in [0.15, 0.2) is 0 Å². The lowest BCUT2D eigenvalue weighted by molar-refractivity contribution is -0.114. The second kappa shape index (κ2) is 6.83. The number of amides is 1. The topological polar surface area (TPSA) is 68.0 Å². The second-order valence-corrected chi connectivity index (χ2v) is 5.06. The largest absolute Gasteiger partial charge is 0.322 e. The Morgan fingerprint density at radius 1 is 1.56 bits per heavy atom. The van der Waals surface area contributed by atoms with Crippen molar-refractivity contribution in [2.24, 2.45) is 11.7 Å². The van der Waals surface area contributed by atoms with Crippen molar-refractivity contribution in [3.8, 4) is 0 Å². The summed E-state index contributed by atoms with van der Waals surface area (Å²) >= 11 is 1.50. The molecule has 1 aromatic heterocycles. The van der Waals surface area contributed by atoms with E-state index in [0.717, 1.165) is 22.1 Å². The fourth-order valence-electron chi connectivity index (χ4n) is 1.27. The van der Waals surface area contributed by atoms with Crippen molar-refractivity contribution in [2.45, 2.75) is 27.2 Å². The summed E-state index contributed by atoms with van der Waals surface area (Å²) in [5.74, 6) is 0.365. The number of hydrogen-bond donors (Lipinski definition) is 2. The number of thiazole rings is 1. The van der Waals surface area contributed by atoms with E-state index in [-0.39, 0.29) is 24.9 Å². The average molecular weight is 264 g/mol. The quantitative estimate of drug-likeness (QED) is 0.873. The lowest BCUT2D eigenvalue weighted by atomic mass is 10.1. The first-order valence-electron chi connectivity index (χ1n) is 4.99. The molecule has 0 radical (unpaired) electrons. The first-order valence-corrected chi connectivity index (χ1v) is 5.80. The molecule has 6 heteroatoms. The van der Waals surface area contributed by atoms with Gasteiger partial charge in [0.15, 0.2) is 0 Å². The van der Waals surface area contributed by atoms with Crippen LogP contribution >= 0.6 is 23.7 Å². The molecule has 1 rings (SSSR count). The van der Waals surface area contributed by atoms with Gasteiger partial charge in [-0.25, -0.2) is 4.98 Å². The molecule has 0 fully saturated rings. The van der Waals surface area contributed by atoms with E-state index in [1.165, 1.54) is 11.3 Å². The highest BCUT2D eigenvalue weighted by Crippen LogP contribution is 2.26. The van der Waals surface area contributed by atoms with E-state index in [9.17, 15) is 4.79 Å². The zero-order chi connectivity index (χ0) is 11.4. The monoisotopic (exact) mass is 263 g/mol. The molecule has 1 amide bonds. The molecule has 0 aliphatic rings. The van der Waals surface area contributed by atoms with E-state index >= 15 is 0 Å². The highest BCUT2D eigenvalue weighted by molar-refractivity contribution is 7.16. The van der Waals surface area contributed by atoms with Crippen LogP contribution in [0.4, 0.5) is 5.00 Å². The van der Waals surface area contributed by atoms with E-state index in [1.807, 2.05) is 6.92 Å². The van der Waals surface area contributed by atoms with E-state index in [0.29, 0.717) is 5.92 Å². The fraction of sp³-hybridized carbons (Fsp3) is 0.600. The molecule has 0 aromatic carbocycles. The Morgan fingerprint density at radius 3 is 2.69 bits per heavy atom. The standard InChI is InChI=1S/C10H17N3OS.ClH/c1-6(2)4-8-10(13-9(14)5-11)15-7(3)12-8;/h6H,4-5,11H2,1-3H3,(H,13,14);1H. The number of hydrogen-bond acceptors (Lipinski definition) is 4. The minimum absolute atomic E-state index is 0. The summed E-state index contributed by atoms with van der Waals surface area (Å²) in [6.07, 6.45) is 0.879. The molecule has 0 aliphatic heterocycles. The average Bonchev–Trinajstić information content (AvgIpc) is 2.45. The van der Waals surface area contributed by atoms with Gasteiger partial charge in [0.2, 0.25) is 5.91 Å². The number of aryl methyl sites for hydroxylation is 1. The molecular formula is C10H18ClN3OS. The summed E-state index contributed by atoms with van der Waals surface area (Å²) in [6.45, 7) is 6.21. The highest BCUT2D eigenvalue weighted by atomic mass is 35.5. The third-order valence-corrected chi connectivity index (χ3v) is 2.77. The molecule has 0 bridgehead atoms. The van der Waals surface area contributed by atoms with Gasteiger partial charge in [-0.2, -0.15) is 0 Å². The van der Waals surface area contributed by atoms with E-state index < -0.39 is 0 Å². The van der Waals surface area contributed by atoms with Crippen LogP contribution < -0.4 is 11.1 Å². The summed E-state index contributed by atoms with van der Waals surface area (Å²) in [4.78, 5) is 15.6. The van der Waals surface area contributed by atoms with Crippen LogP contribution in [0.1, 0.15) is 24.5 Å². The number of carbonyl (C=O) groups excluding carboxylic acids is 1. The first-order chi connectivity index (χ1) is 7.02. The minimum Gasteiger partial charge on any atom is -0.322 e. The van der Waals surface area contributed by atoms with Crippen LogP contribution in [0.2, 0.25) is 0 Å². The van der Waals surface area contributed by atoms with Crippen LogP contribution in [0, 0.1) is 12.8 Å². The molecule has 3 N–H and O–H groups in total. The SMILES string of the molecule is Cc1nc(CC(C)C)c(NC(=O)CN)s1.Cl. The summed E-state index contributed by atoms with van der Waals surface area (Å²) in [7, 11) is 0. The second-order valence-electron chi connectivity index (χ2n) is 3.86. The normalized spacial score (nSPS) is 10.1. The van der Waals surface area contributed by atoms with Crippen molar-refractivity contribution in [3.05, 3.63) is 10.7 Å². The minimum atomic E-state index is -0.163. The van der Waals surface area contributed by atoms with Gasteiger partial charge in [-0.3, -0.25) is 4.79 Å². The number of nitrogens with two attached hydrogens (primary N) is 1. The molecular weight excluding hydrogens is 246 g/mol. The van der Waals surface area contributed by atoms with Crippen LogP contribution in [-0.4, -0.2) is 17.4 Å². The first kappa shape index (κ1) is 15.3. The molecule has 4 nitrogen and oxygen atoms in total. The zero-order valence-corrected chi connectivity index (χ0v) is 11.4. The molecule has 0 atom stereocenters. The van der Waals surface area contributed by atoms with Crippen LogP contribution in [0.25, 0.3) is 0 Å². The third-order valence-electron chi connectivity index (χ3n) is 1.84. The van der Waals surface area contributed by atoms with Crippen LogP contribution in [0.3, 0.4) is 0 Å². The Bertz CT molecular complexity index is 352. The van der Waals surface area contributed by atoms with Gasteiger partial charge in [0.05, 0.1) is 17.2 Å². The van der Waals surface area contributed by atoms with Gasteiger partial charge in [-0.1, -0.05) is 13.8 Å². The van der Waals surface area contributed by atoms with Gasteiger partial charge in [-0.05, 0) is 19.3 Å². The molecule has 0 saturated carbocycles. The van der Waals surface area contributed by atoms with E-state index in [1.54, 1.807) is 0 Å². The number of nitrogens with zero attached hydrogens (tertiary/aromatic N) is 1. The lowest BCUT2D eigenvalue weighted by Crippen LogP contribution is -2.22. The highest BCUT2D eigenvalue weighted by Gasteiger charge is 2.12. The summed E-state index contributed by atoms with van der Waals surface area (Å²) in [5.41, 5.74) is 6.22. The maximum Gasteiger partial charge on any atom is 0.238 e. The molecule has 92 valence electrons. The Hall–Kier alpha value is -0.650. The summed E-state index contributed by atoms with van der Waals surface area (Å²) < 4.78 is 0. The van der Waals surface area contributed by atoms with Gasteiger partial charge in [0.1, 0.15) is 5.00 Å². The predicted molar refractivity (Wildman–Crippen MR) is 70.3 cm³/mol. The number of anilines is 1. The summed E-state index contributed by atoms with van der Waals surface area (Å²) in [5, 5.41) is 4.59. The number of halogens is 1. The molecule has 0 unspecified atom stereocenters. The predicted octanol–water partition coefficient (Wildman–Crippen LogP) is 1.97. The number of rotatable bonds is 4. The van der Waals surface area contributed by atoms with Gasteiger partial charge in [-0.15, -0.1) is 23.7 Å². The molecule has 16 heavy (non-hydrogen) atoms. The van der Waals surface area contributed by atoms with Crippen molar-refractivity contribution < 1.29 is 4.79 Å². The number of carbonyl (C=O) groups is 1. The van der Waals surface area contributed by atoms with Gasteiger partial charge in [0.25, 0.3) is 0 Å². The number of aromatic nitrogens is 1. The van der Waals surface area contributed by atoms with Crippen LogP contribution in [-0.2, 0) is 11.2 Å².